The highest BCUT2D eigenvalue weighted by Gasteiger charge is 2.21. The van der Waals surface area contributed by atoms with Crippen LogP contribution in [0.25, 0.3) is 0 Å². The van der Waals surface area contributed by atoms with Gasteiger partial charge in [0, 0.05) is 18.4 Å². The fraction of sp³-hybridized carbons (Fsp3) is 0.368. The summed E-state index contributed by atoms with van der Waals surface area (Å²) < 4.78 is 0. The average molecular weight is 327 g/mol. The monoisotopic (exact) mass is 327 g/mol. The lowest BCUT2D eigenvalue weighted by atomic mass is 9.89. The molecular formula is C19H25N3O2. The fourth-order valence-electron chi connectivity index (χ4n) is 1.98. The SMILES string of the molecule is Cc1ccc(NC(=O)c2ccc(NCC(O)C(C)(C)C)nc2)cc1. The van der Waals surface area contributed by atoms with Gasteiger partial charge in [-0.3, -0.25) is 4.79 Å². The summed E-state index contributed by atoms with van der Waals surface area (Å²) in [7, 11) is 0. The molecule has 1 aromatic carbocycles. The second-order valence-corrected chi connectivity index (χ2v) is 7.01. The van der Waals surface area contributed by atoms with Crippen molar-refractivity contribution in [1.82, 2.24) is 4.98 Å². The summed E-state index contributed by atoms with van der Waals surface area (Å²) in [5.74, 6) is 0.429. The molecule has 0 spiro atoms. The van der Waals surface area contributed by atoms with Crippen LogP contribution in [0.3, 0.4) is 0 Å². The summed E-state index contributed by atoms with van der Waals surface area (Å²) in [6.45, 7) is 8.34. The Morgan fingerprint density at radius 2 is 1.83 bits per heavy atom. The van der Waals surface area contributed by atoms with Crippen molar-refractivity contribution in [3.63, 3.8) is 0 Å². The van der Waals surface area contributed by atoms with E-state index in [1.54, 1.807) is 12.1 Å². The molecule has 0 fully saturated rings. The van der Waals surface area contributed by atoms with Gasteiger partial charge in [-0.1, -0.05) is 38.5 Å². The zero-order valence-electron chi connectivity index (χ0n) is 14.6. The van der Waals surface area contributed by atoms with Gasteiger partial charge in [-0.2, -0.15) is 0 Å². The lowest BCUT2D eigenvalue weighted by molar-refractivity contribution is 0.0745. The number of aryl methyl sites for hydroxylation is 1. The summed E-state index contributed by atoms with van der Waals surface area (Å²) in [5.41, 5.74) is 2.18. The third-order valence-corrected chi connectivity index (χ3v) is 3.81. The van der Waals surface area contributed by atoms with Crippen molar-refractivity contribution in [2.75, 3.05) is 17.2 Å². The van der Waals surface area contributed by atoms with Crippen LogP contribution in [0.2, 0.25) is 0 Å². The van der Waals surface area contributed by atoms with E-state index < -0.39 is 6.10 Å². The molecule has 1 amide bonds. The molecule has 0 saturated carbocycles. The minimum atomic E-state index is -0.483. The van der Waals surface area contributed by atoms with E-state index in [1.165, 1.54) is 6.20 Å². The molecule has 5 nitrogen and oxygen atoms in total. The van der Waals surface area contributed by atoms with Crippen LogP contribution in [0.5, 0.6) is 0 Å². The van der Waals surface area contributed by atoms with Crippen LogP contribution in [-0.2, 0) is 0 Å². The predicted molar refractivity (Wildman–Crippen MR) is 97.3 cm³/mol. The second-order valence-electron chi connectivity index (χ2n) is 7.01. The molecule has 0 aliphatic rings. The van der Waals surface area contributed by atoms with Crippen molar-refractivity contribution < 1.29 is 9.90 Å². The summed E-state index contributed by atoms with van der Waals surface area (Å²) in [6.07, 6.45) is 1.04. The molecule has 5 heteroatoms. The van der Waals surface area contributed by atoms with Crippen molar-refractivity contribution >= 4 is 17.4 Å². The first kappa shape index (κ1) is 17.9. The largest absolute Gasteiger partial charge is 0.391 e. The third-order valence-electron chi connectivity index (χ3n) is 3.81. The zero-order valence-corrected chi connectivity index (χ0v) is 14.6. The normalized spacial score (nSPS) is 12.5. The first-order valence-electron chi connectivity index (χ1n) is 8.02. The highest BCUT2D eigenvalue weighted by Crippen LogP contribution is 2.19. The number of nitrogens with one attached hydrogen (secondary N) is 2. The molecule has 1 unspecified atom stereocenters. The summed E-state index contributed by atoms with van der Waals surface area (Å²) in [5, 5.41) is 15.9. The molecule has 0 bridgehead atoms. The average Bonchev–Trinajstić information content (AvgIpc) is 2.54. The smallest absolute Gasteiger partial charge is 0.257 e. The summed E-state index contributed by atoms with van der Waals surface area (Å²) in [4.78, 5) is 16.4. The number of pyridine rings is 1. The molecule has 3 N–H and O–H groups in total. The minimum Gasteiger partial charge on any atom is -0.391 e. The Bertz CT molecular complexity index is 673. The van der Waals surface area contributed by atoms with Gasteiger partial charge < -0.3 is 15.7 Å². The lowest BCUT2D eigenvalue weighted by Gasteiger charge is -2.26. The van der Waals surface area contributed by atoms with Gasteiger partial charge in [-0.25, -0.2) is 4.98 Å². The van der Waals surface area contributed by atoms with Crippen molar-refractivity contribution in [2.24, 2.45) is 5.41 Å². The number of nitrogens with zero attached hydrogens (tertiary/aromatic N) is 1. The molecule has 1 aromatic heterocycles. The molecule has 0 radical (unpaired) electrons. The van der Waals surface area contributed by atoms with Gasteiger partial charge >= 0.3 is 0 Å². The van der Waals surface area contributed by atoms with Gasteiger partial charge in [0.2, 0.25) is 0 Å². The Labute approximate surface area is 143 Å². The zero-order chi connectivity index (χ0) is 17.7. The van der Waals surface area contributed by atoms with Gasteiger partial charge in [-0.05, 0) is 36.6 Å². The highest BCUT2D eigenvalue weighted by molar-refractivity contribution is 6.04. The van der Waals surface area contributed by atoms with Gasteiger partial charge in [0.1, 0.15) is 5.82 Å². The van der Waals surface area contributed by atoms with Gasteiger partial charge in [-0.15, -0.1) is 0 Å². The number of carbonyl (C=O) groups is 1. The Morgan fingerprint density at radius 3 is 2.38 bits per heavy atom. The maximum atomic E-state index is 12.2. The number of rotatable bonds is 5. The van der Waals surface area contributed by atoms with Crippen LogP contribution >= 0.6 is 0 Å². The highest BCUT2D eigenvalue weighted by atomic mass is 16.3. The maximum Gasteiger partial charge on any atom is 0.257 e. The van der Waals surface area contributed by atoms with E-state index >= 15 is 0 Å². The molecule has 24 heavy (non-hydrogen) atoms. The standard InChI is InChI=1S/C19H25N3O2/c1-13-5-8-15(9-6-13)22-18(24)14-7-10-17(20-11-14)21-12-16(23)19(2,3)4/h5-11,16,23H,12H2,1-4H3,(H,20,21)(H,22,24). The number of aliphatic hydroxyl groups excluding tert-OH is 1. The van der Waals surface area contributed by atoms with Crippen LogP contribution in [-0.4, -0.2) is 28.6 Å². The molecule has 1 atom stereocenters. The van der Waals surface area contributed by atoms with E-state index in [0.29, 0.717) is 17.9 Å². The molecule has 0 aliphatic carbocycles. The van der Waals surface area contributed by atoms with E-state index in [1.807, 2.05) is 52.0 Å². The van der Waals surface area contributed by atoms with Crippen molar-refractivity contribution in [3.05, 3.63) is 53.7 Å². The van der Waals surface area contributed by atoms with Gasteiger partial charge in [0.15, 0.2) is 0 Å². The Morgan fingerprint density at radius 1 is 1.17 bits per heavy atom. The number of amides is 1. The molecule has 128 valence electrons. The first-order valence-corrected chi connectivity index (χ1v) is 8.02. The summed E-state index contributed by atoms with van der Waals surface area (Å²) >= 11 is 0. The van der Waals surface area contributed by atoms with E-state index in [4.69, 9.17) is 0 Å². The number of carbonyl (C=O) groups excluding carboxylic acids is 1. The number of hydrogen-bond acceptors (Lipinski definition) is 4. The fourth-order valence-corrected chi connectivity index (χ4v) is 1.98. The van der Waals surface area contributed by atoms with E-state index in [9.17, 15) is 9.90 Å². The number of benzene rings is 1. The molecule has 1 heterocycles. The Hall–Kier alpha value is -2.40. The van der Waals surface area contributed by atoms with E-state index in [-0.39, 0.29) is 11.3 Å². The van der Waals surface area contributed by atoms with E-state index in [0.717, 1.165) is 11.3 Å². The summed E-state index contributed by atoms with van der Waals surface area (Å²) in [6, 6.07) is 11.1. The quantitative estimate of drug-likeness (QED) is 0.786. The Kier molecular flexibility index (Phi) is 5.57. The molecular weight excluding hydrogens is 302 g/mol. The topological polar surface area (TPSA) is 74.2 Å². The predicted octanol–water partition coefficient (Wildman–Crippen LogP) is 3.46. The van der Waals surface area contributed by atoms with Gasteiger partial charge in [0.25, 0.3) is 5.91 Å². The van der Waals surface area contributed by atoms with Crippen molar-refractivity contribution in [3.8, 4) is 0 Å². The molecule has 0 saturated heterocycles. The van der Waals surface area contributed by atoms with Crippen LogP contribution < -0.4 is 10.6 Å². The number of aromatic nitrogens is 1. The van der Waals surface area contributed by atoms with Crippen LogP contribution in [0.15, 0.2) is 42.6 Å². The van der Waals surface area contributed by atoms with Gasteiger partial charge in [0.05, 0.1) is 11.7 Å². The van der Waals surface area contributed by atoms with Crippen LogP contribution in [0, 0.1) is 12.3 Å². The minimum absolute atomic E-state index is 0.194. The lowest BCUT2D eigenvalue weighted by Crippen LogP contribution is -2.33. The number of hydrogen-bond donors (Lipinski definition) is 3. The van der Waals surface area contributed by atoms with Crippen molar-refractivity contribution in [2.45, 2.75) is 33.8 Å². The molecule has 2 rings (SSSR count). The van der Waals surface area contributed by atoms with E-state index in [2.05, 4.69) is 15.6 Å². The Balaban J connectivity index is 1.93. The molecule has 0 aliphatic heterocycles. The number of anilines is 2. The third kappa shape index (κ3) is 5.06. The van der Waals surface area contributed by atoms with Crippen LogP contribution in [0.1, 0.15) is 36.7 Å². The molecule has 2 aromatic rings. The first-order chi connectivity index (χ1) is 11.3. The van der Waals surface area contributed by atoms with Crippen molar-refractivity contribution in [1.29, 1.82) is 0 Å². The number of aliphatic hydroxyl groups is 1. The maximum absolute atomic E-state index is 12.2. The van der Waals surface area contributed by atoms with Crippen LogP contribution in [0.4, 0.5) is 11.5 Å². The second kappa shape index (κ2) is 7.45.